The fourth-order valence-corrected chi connectivity index (χ4v) is 1.34. The molecule has 0 radical (unpaired) electrons. The number of nitrogens with two attached hydrogens (primary N) is 1. The number of aromatic nitrogens is 4. The van der Waals surface area contributed by atoms with Gasteiger partial charge in [0.1, 0.15) is 12.4 Å². The lowest BCUT2D eigenvalue weighted by Gasteiger charge is -2.07. The monoisotopic (exact) mass is 229 g/mol. The predicted molar refractivity (Wildman–Crippen MR) is 50.9 cm³/mol. The van der Waals surface area contributed by atoms with E-state index in [4.69, 9.17) is 10.8 Å². The van der Waals surface area contributed by atoms with Crippen molar-refractivity contribution in [1.82, 2.24) is 19.6 Å². The number of alkyl halides is 2. The van der Waals surface area contributed by atoms with Crippen LogP contribution in [-0.2, 0) is 6.42 Å². The van der Waals surface area contributed by atoms with Gasteiger partial charge < -0.3 is 10.8 Å². The lowest BCUT2D eigenvalue weighted by molar-refractivity contribution is -0.00351. The Morgan fingerprint density at radius 1 is 1.44 bits per heavy atom. The minimum Gasteiger partial charge on any atom is -0.387 e. The van der Waals surface area contributed by atoms with Crippen molar-refractivity contribution < 1.29 is 13.9 Å². The summed E-state index contributed by atoms with van der Waals surface area (Å²) in [5.41, 5.74) is 6.23. The van der Waals surface area contributed by atoms with Gasteiger partial charge in [0.25, 0.3) is 6.43 Å². The largest absolute Gasteiger partial charge is 0.387 e. The standard InChI is InChI=1S/C8H9F2N5O/c9-6(10)5(16)1-4-2-14-15-7(4)12-3-13-8(15)11/h2-3,5-6,16H,1H2,(H2,11,12,13). The molecule has 8 heteroatoms. The molecule has 2 heterocycles. The van der Waals surface area contributed by atoms with Gasteiger partial charge in [0, 0.05) is 12.0 Å². The van der Waals surface area contributed by atoms with Gasteiger partial charge >= 0.3 is 0 Å². The van der Waals surface area contributed by atoms with Gasteiger partial charge in [0.15, 0.2) is 5.65 Å². The molecule has 0 bridgehead atoms. The van der Waals surface area contributed by atoms with Crippen LogP contribution in [0.4, 0.5) is 14.7 Å². The Balaban J connectivity index is 2.36. The molecule has 0 aliphatic carbocycles. The Morgan fingerprint density at radius 2 is 2.19 bits per heavy atom. The number of rotatable bonds is 3. The SMILES string of the molecule is Nc1ncnc2c(CC(O)C(F)F)cnn12. The summed E-state index contributed by atoms with van der Waals surface area (Å²) >= 11 is 0. The fraction of sp³-hybridized carbons (Fsp3) is 0.375. The number of aliphatic hydroxyl groups is 1. The number of nitrogen functional groups attached to an aromatic ring is 1. The first-order valence-electron chi connectivity index (χ1n) is 4.49. The van der Waals surface area contributed by atoms with Crippen LogP contribution in [0.15, 0.2) is 12.5 Å². The molecular formula is C8H9F2N5O. The van der Waals surface area contributed by atoms with E-state index in [0.29, 0.717) is 11.2 Å². The van der Waals surface area contributed by atoms with Crippen molar-refractivity contribution in [2.75, 3.05) is 5.73 Å². The van der Waals surface area contributed by atoms with E-state index in [9.17, 15) is 8.78 Å². The van der Waals surface area contributed by atoms with Crippen molar-refractivity contribution in [1.29, 1.82) is 0 Å². The lowest BCUT2D eigenvalue weighted by atomic mass is 10.1. The predicted octanol–water partition coefficient (Wildman–Crippen LogP) is -0.125. The van der Waals surface area contributed by atoms with E-state index in [0.717, 1.165) is 0 Å². The molecule has 1 atom stereocenters. The number of halogens is 2. The number of hydrogen-bond acceptors (Lipinski definition) is 5. The first-order valence-corrected chi connectivity index (χ1v) is 4.49. The van der Waals surface area contributed by atoms with Crippen LogP contribution in [0.2, 0.25) is 0 Å². The quantitative estimate of drug-likeness (QED) is 0.765. The summed E-state index contributed by atoms with van der Waals surface area (Å²) in [7, 11) is 0. The third-order valence-electron chi connectivity index (χ3n) is 2.12. The van der Waals surface area contributed by atoms with Gasteiger partial charge in [-0.1, -0.05) is 0 Å². The maximum Gasteiger partial charge on any atom is 0.264 e. The summed E-state index contributed by atoms with van der Waals surface area (Å²) in [5, 5.41) is 12.9. The zero-order valence-corrected chi connectivity index (χ0v) is 8.09. The summed E-state index contributed by atoms with van der Waals surface area (Å²) in [6, 6.07) is 0. The van der Waals surface area contributed by atoms with Crippen LogP contribution >= 0.6 is 0 Å². The Kier molecular flexibility index (Phi) is 2.65. The molecule has 0 amide bonds. The molecule has 0 fully saturated rings. The first-order chi connectivity index (χ1) is 7.59. The minimum atomic E-state index is -2.80. The second-order valence-electron chi connectivity index (χ2n) is 3.24. The van der Waals surface area contributed by atoms with Crippen molar-refractivity contribution in [3.05, 3.63) is 18.1 Å². The second kappa shape index (κ2) is 3.97. The number of fused-ring (bicyclic) bond motifs is 1. The average molecular weight is 229 g/mol. The van der Waals surface area contributed by atoms with E-state index < -0.39 is 12.5 Å². The van der Waals surface area contributed by atoms with E-state index >= 15 is 0 Å². The highest BCUT2D eigenvalue weighted by molar-refractivity contribution is 5.49. The maximum absolute atomic E-state index is 12.2. The van der Waals surface area contributed by atoms with Crippen LogP contribution in [-0.4, -0.2) is 37.2 Å². The van der Waals surface area contributed by atoms with Crippen LogP contribution in [0.3, 0.4) is 0 Å². The van der Waals surface area contributed by atoms with E-state index in [1.807, 2.05) is 0 Å². The maximum atomic E-state index is 12.2. The molecule has 3 N–H and O–H groups in total. The molecule has 6 nitrogen and oxygen atoms in total. The molecule has 86 valence electrons. The molecule has 0 aliphatic heterocycles. The van der Waals surface area contributed by atoms with Gasteiger partial charge in [-0.25, -0.2) is 18.7 Å². The highest BCUT2D eigenvalue weighted by atomic mass is 19.3. The molecule has 2 aromatic heterocycles. The molecule has 1 unspecified atom stereocenters. The van der Waals surface area contributed by atoms with Crippen molar-refractivity contribution in [3.8, 4) is 0 Å². The zero-order valence-electron chi connectivity index (χ0n) is 8.09. The summed E-state index contributed by atoms with van der Waals surface area (Å²) < 4.78 is 25.6. The summed E-state index contributed by atoms with van der Waals surface area (Å²) in [6.07, 6.45) is -2.20. The third kappa shape index (κ3) is 1.78. The summed E-state index contributed by atoms with van der Waals surface area (Å²) in [4.78, 5) is 7.56. The molecular weight excluding hydrogens is 220 g/mol. The smallest absolute Gasteiger partial charge is 0.264 e. The molecule has 2 aromatic rings. The van der Waals surface area contributed by atoms with Crippen LogP contribution in [0, 0.1) is 0 Å². The third-order valence-corrected chi connectivity index (χ3v) is 2.12. The summed E-state index contributed by atoms with van der Waals surface area (Å²) in [5.74, 6) is 0.114. The van der Waals surface area contributed by atoms with Crippen molar-refractivity contribution >= 4 is 11.6 Å². The molecule has 0 aromatic carbocycles. The Morgan fingerprint density at radius 3 is 2.88 bits per heavy atom. The van der Waals surface area contributed by atoms with E-state index in [2.05, 4.69) is 15.1 Å². The van der Waals surface area contributed by atoms with Crippen LogP contribution < -0.4 is 5.73 Å². The van der Waals surface area contributed by atoms with Gasteiger partial charge in [0.05, 0.1) is 6.20 Å². The van der Waals surface area contributed by atoms with Crippen LogP contribution in [0.25, 0.3) is 5.65 Å². The summed E-state index contributed by atoms with van der Waals surface area (Å²) in [6.45, 7) is 0. The highest BCUT2D eigenvalue weighted by Crippen LogP contribution is 2.14. The van der Waals surface area contributed by atoms with Gasteiger partial charge in [-0.15, -0.1) is 0 Å². The number of aliphatic hydroxyl groups excluding tert-OH is 1. The molecule has 0 spiro atoms. The topological polar surface area (TPSA) is 89.3 Å². The molecule has 0 saturated carbocycles. The van der Waals surface area contributed by atoms with Gasteiger partial charge in [-0.3, -0.25) is 0 Å². The van der Waals surface area contributed by atoms with Gasteiger partial charge in [-0.05, 0) is 0 Å². The van der Waals surface area contributed by atoms with E-state index in [1.165, 1.54) is 17.0 Å². The highest BCUT2D eigenvalue weighted by Gasteiger charge is 2.20. The van der Waals surface area contributed by atoms with Crippen molar-refractivity contribution in [3.63, 3.8) is 0 Å². The lowest BCUT2D eigenvalue weighted by Crippen LogP contribution is -2.20. The molecule has 0 saturated heterocycles. The Labute approximate surface area is 88.7 Å². The van der Waals surface area contributed by atoms with Crippen molar-refractivity contribution in [2.24, 2.45) is 0 Å². The zero-order chi connectivity index (χ0) is 11.7. The normalized spacial score (nSPS) is 13.5. The van der Waals surface area contributed by atoms with E-state index in [-0.39, 0.29) is 12.4 Å². The molecule has 2 rings (SSSR count). The number of nitrogens with zero attached hydrogens (tertiary/aromatic N) is 4. The van der Waals surface area contributed by atoms with Gasteiger partial charge in [-0.2, -0.15) is 9.61 Å². The van der Waals surface area contributed by atoms with Gasteiger partial charge in [0.2, 0.25) is 5.95 Å². The fourth-order valence-electron chi connectivity index (χ4n) is 1.34. The second-order valence-corrected chi connectivity index (χ2v) is 3.24. The Hall–Kier alpha value is -1.83. The van der Waals surface area contributed by atoms with Crippen LogP contribution in [0.1, 0.15) is 5.56 Å². The van der Waals surface area contributed by atoms with Crippen LogP contribution in [0.5, 0.6) is 0 Å². The number of anilines is 1. The average Bonchev–Trinajstić information content (AvgIpc) is 2.63. The minimum absolute atomic E-state index is 0.114. The Bertz CT molecular complexity index is 500. The first kappa shape index (κ1) is 10.7. The number of hydrogen-bond donors (Lipinski definition) is 2. The van der Waals surface area contributed by atoms with E-state index in [1.54, 1.807) is 0 Å². The molecule has 0 aliphatic rings. The molecule has 16 heavy (non-hydrogen) atoms. The van der Waals surface area contributed by atoms with Crippen molar-refractivity contribution in [2.45, 2.75) is 19.0 Å².